The number of rotatable bonds is 4. The molecule has 3 aromatic rings. The molecule has 6 nitrogen and oxygen atoms in total. The van der Waals surface area contributed by atoms with Gasteiger partial charge in [0.15, 0.2) is 0 Å². The average molecular weight is 415 g/mol. The molecule has 0 aliphatic carbocycles. The Morgan fingerprint density at radius 2 is 1.80 bits per heavy atom. The first kappa shape index (κ1) is 19.7. The van der Waals surface area contributed by atoms with Gasteiger partial charge in [0.25, 0.3) is 0 Å². The van der Waals surface area contributed by atoms with E-state index in [1.165, 1.54) is 11.0 Å². The third-order valence-electron chi connectivity index (χ3n) is 4.56. The lowest BCUT2D eigenvalue weighted by Gasteiger charge is -2.27. The third-order valence-corrected chi connectivity index (χ3v) is 4.56. The first-order chi connectivity index (χ1) is 14.3. The Kier molecular flexibility index (Phi) is 5.03. The van der Waals surface area contributed by atoms with Crippen molar-refractivity contribution in [3.8, 4) is 22.6 Å². The van der Waals surface area contributed by atoms with E-state index in [0.29, 0.717) is 23.7 Å². The molecule has 2 heterocycles. The fraction of sp³-hybridized carbons (Fsp3) is 0.190. The fourth-order valence-electron chi connectivity index (χ4n) is 3.18. The van der Waals surface area contributed by atoms with Crippen molar-refractivity contribution in [3.63, 3.8) is 0 Å². The molecule has 0 unspecified atom stereocenters. The number of carbonyl (C=O) groups excluding carboxylic acids is 1. The molecule has 1 aliphatic rings. The van der Waals surface area contributed by atoms with Gasteiger partial charge in [-0.15, -0.1) is 13.2 Å². The van der Waals surface area contributed by atoms with Gasteiger partial charge in [-0.1, -0.05) is 12.1 Å². The molecule has 0 saturated carbocycles. The summed E-state index contributed by atoms with van der Waals surface area (Å²) >= 11 is 0. The molecule has 9 heteroatoms. The third kappa shape index (κ3) is 4.35. The molecular formula is C21H16F3N3O3. The minimum atomic E-state index is -4.74. The highest BCUT2D eigenvalue weighted by atomic mass is 19.4. The van der Waals surface area contributed by atoms with Crippen LogP contribution in [0.5, 0.6) is 11.5 Å². The minimum absolute atomic E-state index is 0.200. The van der Waals surface area contributed by atoms with Gasteiger partial charge in [-0.3, -0.25) is 4.90 Å². The van der Waals surface area contributed by atoms with Crippen LogP contribution in [-0.2, 0) is 13.1 Å². The number of halogens is 3. The van der Waals surface area contributed by atoms with Crippen molar-refractivity contribution in [2.45, 2.75) is 26.4 Å². The number of benzene rings is 2. The smallest absolute Gasteiger partial charge is 0.410 e. The van der Waals surface area contributed by atoms with Gasteiger partial charge >= 0.3 is 12.5 Å². The lowest BCUT2D eigenvalue weighted by molar-refractivity contribution is -0.274. The van der Waals surface area contributed by atoms with E-state index in [4.69, 9.17) is 4.74 Å². The van der Waals surface area contributed by atoms with E-state index < -0.39 is 12.5 Å². The predicted molar refractivity (Wildman–Crippen MR) is 101 cm³/mol. The molecular weight excluding hydrogens is 399 g/mol. The van der Waals surface area contributed by atoms with Crippen LogP contribution in [0.25, 0.3) is 11.1 Å². The highest BCUT2D eigenvalue weighted by Gasteiger charge is 2.32. The van der Waals surface area contributed by atoms with Crippen molar-refractivity contribution in [1.82, 2.24) is 14.9 Å². The summed E-state index contributed by atoms with van der Waals surface area (Å²) < 4.78 is 46.9. The fourth-order valence-corrected chi connectivity index (χ4v) is 3.18. The van der Waals surface area contributed by atoms with Crippen molar-refractivity contribution in [2.75, 3.05) is 0 Å². The van der Waals surface area contributed by atoms with Gasteiger partial charge in [0, 0.05) is 18.0 Å². The number of fused-ring (bicyclic) bond motifs is 1. The van der Waals surface area contributed by atoms with Crippen LogP contribution in [0.1, 0.15) is 17.0 Å². The molecule has 2 aromatic carbocycles. The second-order valence-electron chi connectivity index (χ2n) is 6.74. The van der Waals surface area contributed by atoms with Crippen LogP contribution in [0.2, 0.25) is 0 Å². The van der Waals surface area contributed by atoms with Gasteiger partial charge in [0.05, 0.1) is 13.1 Å². The lowest BCUT2D eigenvalue weighted by Crippen LogP contribution is -2.36. The van der Waals surface area contributed by atoms with E-state index in [-0.39, 0.29) is 12.3 Å². The van der Waals surface area contributed by atoms with Gasteiger partial charge in [0.1, 0.15) is 17.3 Å². The van der Waals surface area contributed by atoms with Crippen molar-refractivity contribution in [1.29, 1.82) is 0 Å². The van der Waals surface area contributed by atoms with Gasteiger partial charge in [-0.25, -0.2) is 14.8 Å². The van der Waals surface area contributed by atoms with Crippen molar-refractivity contribution >= 4 is 6.09 Å². The Bertz CT molecular complexity index is 1090. The van der Waals surface area contributed by atoms with Crippen LogP contribution in [-0.4, -0.2) is 27.3 Å². The van der Waals surface area contributed by atoms with Crippen molar-refractivity contribution < 1.29 is 27.4 Å². The van der Waals surface area contributed by atoms with Gasteiger partial charge in [-0.05, 0) is 53.9 Å². The number of alkyl halides is 3. The molecule has 0 atom stereocenters. The van der Waals surface area contributed by atoms with E-state index >= 15 is 0 Å². The number of hydrogen-bond acceptors (Lipinski definition) is 5. The quantitative estimate of drug-likeness (QED) is 0.609. The molecule has 0 fully saturated rings. The average Bonchev–Trinajstić information content (AvgIpc) is 2.70. The largest absolute Gasteiger partial charge is 0.573 e. The molecule has 0 spiro atoms. The van der Waals surface area contributed by atoms with Crippen molar-refractivity contribution in [3.05, 3.63) is 71.8 Å². The van der Waals surface area contributed by atoms with E-state index in [1.54, 1.807) is 49.6 Å². The molecule has 0 radical (unpaired) electrons. The van der Waals surface area contributed by atoms with Crippen molar-refractivity contribution in [2.24, 2.45) is 0 Å². The zero-order valence-electron chi connectivity index (χ0n) is 15.8. The Morgan fingerprint density at radius 1 is 1.10 bits per heavy atom. The van der Waals surface area contributed by atoms with E-state index in [1.807, 2.05) is 6.07 Å². The summed E-state index contributed by atoms with van der Waals surface area (Å²) in [6, 6.07) is 11.4. The highest BCUT2D eigenvalue weighted by molar-refractivity contribution is 5.75. The number of ether oxygens (including phenoxy) is 2. The van der Waals surface area contributed by atoms with Crippen LogP contribution in [0, 0.1) is 6.92 Å². The minimum Gasteiger partial charge on any atom is -0.410 e. The van der Waals surface area contributed by atoms with Crippen LogP contribution >= 0.6 is 0 Å². The van der Waals surface area contributed by atoms with Crippen LogP contribution < -0.4 is 9.47 Å². The molecule has 1 aromatic heterocycles. The molecule has 4 rings (SSSR count). The standard InChI is InChI=1S/C21H16F3N3O3/c1-13-9-14(3-5-17(13)30-21(22,23)24)15-4-6-18-16(10-15)11-27(20(28)29-18)12-19-25-7-2-8-26-19/h2-10H,11-12H2,1H3. The number of carbonyl (C=O) groups is 1. The summed E-state index contributed by atoms with van der Waals surface area (Å²) in [7, 11) is 0. The van der Waals surface area contributed by atoms with Crippen LogP contribution in [0.4, 0.5) is 18.0 Å². The topological polar surface area (TPSA) is 64.6 Å². The summed E-state index contributed by atoms with van der Waals surface area (Å²) in [6.07, 6.45) is -2.04. The molecule has 1 aliphatic heterocycles. The summed E-state index contributed by atoms with van der Waals surface area (Å²) in [5.41, 5.74) is 2.64. The number of aryl methyl sites for hydroxylation is 1. The van der Waals surface area contributed by atoms with E-state index in [9.17, 15) is 18.0 Å². The molecule has 0 saturated heterocycles. The number of amides is 1. The molecule has 0 N–H and O–H groups in total. The monoisotopic (exact) mass is 415 g/mol. The van der Waals surface area contributed by atoms with Crippen LogP contribution in [0.3, 0.4) is 0 Å². The zero-order valence-corrected chi connectivity index (χ0v) is 15.8. The maximum atomic E-state index is 12.5. The van der Waals surface area contributed by atoms with Crippen LogP contribution in [0.15, 0.2) is 54.9 Å². The number of nitrogens with zero attached hydrogens (tertiary/aromatic N) is 3. The zero-order chi connectivity index (χ0) is 21.3. The second kappa shape index (κ2) is 7.66. The maximum absolute atomic E-state index is 12.5. The maximum Gasteiger partial charge on any atom is 0.573 e. The summed E-state index contributed by atoms with van der Waals surface area (Å²) in [6.45, 7) is 2.05. The SMILES string of the molecule is Cc1cc(-c2ccc3c(c2)CN(Cc2ncccn2)C(=O)O3)ccc1OC(F)(F)F. The van der Waals surface area contributed by atoms with Gasteiger partial charge < -0.3 is 9.47 Å². The Hall–Kier alpha value is -3.62. The number of hydrogen-bond donors (Lipinski definition) is 0. The second-order valence-corrected chi connectivity index (χ2v) is 6.74. The normalized spacial score (nSPS) is 13.6. The Morgan fingerprint density at radius 3 is 2.50 bits per heavy atom. The summed E-state index contributed by atoms with van der Waals surface area (Å²) in [5, 5.41) is 0. The Balaban J connectivity index is 1.58. The molecule has 1 amide bonds. The Labute approximate surface area is 169 Å². The molecule has 0 bridgehead atoms. The summed E-state index contributed by atoms with van der Waals surface area (Å²) in [4.78, 5) is 22.0. The predicted octanol–water partition coefficient (Wildman–Crippen LogP) is 4.87. The first-order valence-corrected chi connectivity index (χ1v) is 9.01. The highest BCUT2D eigenvalue weighted by Crippen LogP contribution is 2.34. The van der Waals surface area contributed by atoms with Gasteiger partial charge in [0.2, 0.25) is 0 Å². The van der Waals surface area contributed by atoms with E-state index in [2.05, 4.69) is 14.7 Å². The van der Waals surface area contributed by atoms with Gasteiger partial charge in [-0.2, -0.15) is 0 Å². The van der Waals surface area contributed by atoms with E-state index in [0.717, 1.165) is 16.7 Å². The number of aromatic nitrogens is 2. The molecule has 30 heavy (non-hydrogen) atoms. The molecule has 154 valence electrons. The summed E-state index contributed by atoms with van der Waals surface area (Å²) in [5.74, 6) is 0.694. The lowest BCUT2D eigenvalue weighted by atomic mass is 10.00. The first-order valence-electron chi connectivity index (χ1n) is 9.01.